The Morgan fingerprint density at radius 3 is 2.41 bits per heavy atom. The number of likely N-dealkylation sites (N-methyl/N-ethyl adjacent to an activating group) is 1. The van der Waals surface area contributed by atoms with Gasteiger partial charge in [0.05, 0.1) is 25.3 Å². The van der Waals surface area contributed by atoms with Crippen LogP contribution >= 0.6 is 11.6 Å². The van der Waals surface area contributed by atoms with Crippen LogP contribution < -0.4 is 14.4 Å². The third-order valence-electron chi connectivity index (χ3n) is 4.86. The number of benzene rings is 2. The molecule has 1 aliphatic heterocycles. The molecule has 0 atom stereocenters. The maximum Gasteiger partial charge on any atom is 0.307 e. The van der Waals surface area contributed by atoms with Gasteiger partial charge in [0, 0.05) is 37.6 Å². The average Bonchev–Trinajstić information content (AvgIpc) is 2.70. The lowest BCUT2D eigenvalue weighted by Crippen LogP contribution is -2.44. The van der Waals surface area contributed by atoms with E-state index < -0.39 is 5.97 Å². The molecule has 3 rings (SSSR count). The number of nitrogens with zero attached hydrogens (tertiary/aromatic N) is 2. The van der Waals surface area contributed by atoms with Crippen LogP contribution in [0.4, 0.5) is 5.69 Å². The van der Waals surface area contributed by atoms with Crippen molar-refractivity contribution in [2.24, 2.45) is 0 Å². The molecule has 1 saturated heterocycles. The van der Waals surface area contributed by atoms with E-state index in [9.17, 15) is 4.79 Å². The van der Waals surface area contributed by atoms with Crippen LogP contribution in [0.3, 0.4) is 0 Å². The summed E-state index contributed by atoms with van der Waals surface area (Å²) in [6, 6.07) is 12.9. The minimum absolute atomic E-state index is 0.0187. The summed E-state index contributed by atoms with van der Waals surface area (Å²) in [7, 11) is 2.13. The number of halogens is 1. The summed E-state index contributed by atoms with van der Waals surface area (Å²) in [5.74, 6) is 0.731. The maximum atomic E-state index is 10.7. The number of anilines is 1. The molecule has 0 amide bonds. The number of carbonyl (C=O) groups is 1. The Kier molecular flexibility index (Phi) is 7.61. The van der Waals surface area contributed by atoms with Crippen molar-refractivity contribution < 1.29 is 19.4 Å². The number of carboxylic acids is 1. The number of ether oxygens (including phenoxy) is 2. The van der Waals surface area contributed by atoms with Gasteiger partial charge in [-0.25, -0.2) is 0 Å². The van der Waals surface area contributed by atoms with Gasteiger partial charge in [-0.1, -0.05) is 23.7 Å². The first-order valence-corrected chi connectivity index (χ1v) is 10.2. The smallest absolute Gasteiger partial charge is 0.307 e. The van der Waals surface area contributed by atoms with Crippen molar-refractivity contribution in [1.82, 2.24) is 4.90 Å². The van der Waals surface area contributed by atoms with Crippen LogP contribution in [0.2, 0.25) is 5.02 Å². The van der Waals surface area contributed by atoms with Gasteiger partial charge < -0.3 is 24.4 Å². The third kappa shape index (κ3) is 6.54. The van der Waals surface area contributed by atoms with Crippen LogP contribution in [0.5, 0.6) is 11.5 Å². The summed E-state index contributed by atoms with van der Waals surface area (Å²) in [4.78, 5) is 15.3. The molecule has 2 aromatic rings. The monoisotopic (exact) mass is 418 g/mol. The number of carboxylic acid groups (broad SMARTS) is 1. The lowest BCUT2D eigenvalue weighted by molar-refractivity contribution is -0.136. The zero-order valence-corrected chi connectivity index (χ0v) is 17.4. The lowest BCUT2D eigenvalue weighted by Gasteiger charge is -2.35. The van der Waals surface area contributed by atoms with Crippen LogP contribution in [0.25, 0.3) is 0 Å². The second kappa shape index (κ2) is 10.4. The molecule has 0 bridgehead atoms. The summed E-state index contributed by atoms with van der Waals surface area (Å²) in [6.07, 6.45) is 0.756. The van der Waals surface area contributed by atoms with Crippen molar-refractivity contribution in [2.45, 2.75) is 12.8 Å². The van der Waals surface area contributed by atoms with E-state index in [-0.39, 0.29) is 6.42 Å². The van der Waals surface area contributed by atoms with Crippen LogP contribution in [-0.2, 0) is 11.2 Å². The van der Waals surface area contributed by atoms with Gasteiger partial charge in [-0.3, -0.25) is 4.79 Å². The molecule has 7 heteroatoms. The summed E-state index contributed by atoms with van der Waals surface area (Å²) in [5, 5.41) is 9.51. The van der Waals surface area contributed by atoms with Gasteiger partial charge in [0.1, 0.15) is 11.5 Å². The molecule has 0 spiro atoms. The largest absolute Gasteiger partial charge is 0.493 e. The van der Waals surface area contributed by atoms with E-state index in [2.05, 4.69) is 16.8 Å². The Labute approximate surface area is 176 Å². The van der Waals surface area contributed by atoms with Crippen molar-refractivity contribution in [3.05, 3.63) is 53.1 Å². The molecular weight excluding hydrogens is 392 g/mol. The molecule has 0 radical (unpaired) electrons. The van der Waals surface area contributed by atoms with Gasteiger partial charge in [0.15, 0.2) is 0 Å². The summed E-state index contributed by atoms with van der Waals surface area (Å²) in [6.45, 7) is 5.01. The van der Waals surface area contributed by atoms with Crippen molar-refractivity contribution in [1.29, 1.82) is 0 Å². The molecule has 2 aromatic carbocycles. The second-order valence-corrected chi connectivity index (χ2v) is 7.60. The molecular formula is C22H27ClN2O4. The SMILES string of the molecule is CN1CCN(c2cc(Cl)ccc2OCCCOc2ccc(CC(=O)O)cc2)CC1. The minimum Gasteiger partial charge on any atom is -0.493 e. The van der Waals surface area contributed by atoms with Gasteiger partial charge in [0.25, 0.3) is 0 Å². The van der Waals surface area contributed by atoms with Crippen molar-refractivity contribution >= 4 is 23.3 Å². The maximum absolute atomic E-state index is 10.7. The fourth-order valence-corrected chi connectivity index (χ4v) is 3.38. The number of aliphatic carboxylic acids is 1. The van der Waals surface area contributed by atoms with Crippen molar-refractivity contribution in [3.63, 3.8) is 0 Å². The number of hydrogen-bond donors (Lipinski definition) is 1. The summed E-state index contributed by atoms with van der Waals surface area (Å²) >= 11 is 6.21. The number of rotatable bonds is 9. The Bertz CT molecular complexity index is 805. The zero-order valence-electron chi connectivity index (χ0n) is 16.6. The van der Waals surface area contributed by atoms with E-state index in [1.165, 1.54) is 0 Å². The highest BCUT2D eigenvalue weighted by atomic mass is 35.5. The van der Waals surface area contributed by atoms with E-state index in [1.54, 1.807) is 24.3 Å². The molecule has 29 heavy (non-hydrogen) atoms. The standard InChI is InChI=1S/C22H27ClN2O4/c1-24-9-11-25(12-10-24)20-16-18(23)5-8-21(20)29-14-2-13-28-19-6-3-17(4-7-19)15-22(26)27/h3-8,16H,2,9-15H2,1H3,(H,26,27). The zero-order chi connectivity index (χ0) is 20.6. The normalized spacial score (nSPS) is 14.6. The predicted molar refractivity (Wildman–Crippen MR) is 115 cm³/mol. The van der Waals surface area contributed by atoms with Gasteiger partial charge >= 0.3 is 5.97 Å². The molecule has 0 saturated carbocycles. The fourth-order valence-electron chi connectivity index (χ4n) is 3.22. The Balaban J connectivity index is 1.46. The first-order valence-electron chi connectivity index (χ1n) is 9.80. The van der Waals surface area contributed by atoms with Gasteiger partial charge in [-0.2, -0.15) is 0 Å². The molecule has 0 unspecified atom stereocenters. The van der Waals surface area contributed by atoms with Crippen LogP contribution in [-0.4, -0.2) is 62.4 Å². The van der Waals surface area contributed by atoms with Crippen LogP contribution in [0.15, 0.2) is 42.5 Å². The van der Waals surface area contributed by atoms with E-state index in [4.69, 9.17) is 26.2 Å². The van der Waals surface area contributed by atoms with Crippen molar-refractivity contribution in [3.8, 4) is 11.5 Å². The highest BCUT2D eigenvalue weighted by Crippen LogP contribution is 2.32. The fraction of sp³-hybridized carbons (Fsp3) is 0.409. The number of piperazine rings is 1. The molecule has 156 valence electrons. The summed E-state index contributed by atoms with van der Waals surface area (Å²) in [5.41, 5.74) is 1.80. The molecule has 6 nitrogen and oxygen atoms in total. The third-order valence-corrected chi connectivity index (χ3v) is 5.09. The van der Waals surface area contributed by atoms with E-state index in [0.717, 1.165) is 55.3 Å². The molecule has 1 fully saturated rings. The Morgan fingerprint density at radius 1 is 1.03 bits per heavy atom. The average molecular weight is 419 g/mol. The first kappa shape index (κ1) is 21.3. The van der Waals surface area contributed by atoms with Gasteiger partial charge in [-0.15, -0.1) is 0 Å². The highest BCUT2D eigenvalue weighted by Gasteiger charge is 2.18. The lowest BCUT2D eigenvalue weighted by atomic mass is 10.1. The van der Waals surface area contributed by atoms with E-state index in [0.29, 0.717) is 18.2 Å². The Morgan fingerprint density at radius 2 is 1.72 bits per heavy atom. The second-order valence-electron chi connectivity index (χ2n) is 7.17. The van der Waals surface area contributed by atoms with Gasteiger partial charge in [0.2, 0.25) is 0 Å². The Hall–Kier alpha value is -2.44. The molecule has 1 aliphatic rings. The van der Waals surface area contributed by atoms with Crippen LogP contribution in [0, 0.1) is 0 Å². The van der Waals surface area contributed by atoms with Crippen LogP contribution in [0.1, 0.15) is 12.0 Å². The van der Waals surface area contributed by atoms with Gasteiger partial charge in [-0.05, 0) is 42.9 Å². The molecule has 0 aliphatic carbocycles. The molecule has 1 heterocycles. The van der Waals surface area contributed by atoms with E-state index >= 15 is 0 Å². The minimum atomic E-state index is -0.839. The first-order chi connectivity index (χ1) is 14.0. The molecule has 1 N–H and O–H groups in total. The molecule has 0 aromatic heterocycles. The summed E-state index contributed by atoms with van der Waals surface area (Å²) < 4.78 is 11.7. The predicted octanol–water partition coefficient (Wildman–Crippen LogP) is 3.57. The van der Waals surface area contributed by atoms with E-state index in [1.807, 2.05) is 18.2 Å². The van der Waals surface area contributed by atoms with Crippen molar-refractivity contribution in [2.75, 3.05) is 51.3 Å². The number of hydrogen-bond acceptors (Lipinski definition) is 5. The highest BCUT2D eigenvalue weighted by molar-refractivity contribution is 6.30. The quantitative estimate of drug-likeness (QED) is 0.628. The topological polar surface area (TPSA) is 62.2 Å².